The van der Waals surface area contributed by atoms with Crippen LogP contribution in [0.3, 0.4) is 0 Å². The first kappa shape index (κ1) is 70.1. The lowest BCUT2D eigenvalue weighted by atomic mass is 10.0. The van der Waals surface area contributed by atoms with E-state index in [4.69, 9.17) is 22.9 Å². The Labute approximate surface area is 490 Å². The number of carbonyl (C=O) groups excluding carboxylic acids is 11. The Morgan fingerprint density at radius 3 is 1.63 bits per heavy atom. The minimum atomic E-state index is -1.72. The molecule has 0 saturated carbocycles. The van der Waals surface area contributed by atoms with Gasteiger partial charge in [0.1, 0.15) is 60.1 Å². The van der Waals surface area contributed by atoms with Gasteiger partial charge in [-0.25, -0.2) is 4.98 Å². The fourth-order valence-electron chi connectivity index (χ4n) is 8.23. The van der Waals surface area contributed by atoms with E-state index in [9.17, 15) is 68.1 Å². The summed E-state index contributed by atoms with van der Waals surface area (Å²) < 4.78 is 0. The molecule has 3 aromatic rings. The number of phenols is 1. The molecular weight excluding hydrogens is 1110 g/mol. The highest BCUT2D eigenvalue weighted by molar-refractivity contribution is 7.98. The van der Waals surface area contributed by atoms with Gasteiger partial charge >= 0.3 is 0 Å². The van der Waals surface area contributed by atoms with Crippen LogP contribution in [0, 0.1) is 5.92 Å². The third-order valence-corrected chi connectivity index (χ3v) is 13.5. The van der Waals surface area contributed by atoms with Crippen LogP contribution in [0.1, 0.15) is 75.6 Å². The Morgan fingerprint density at radius 2 is 1.10 bits per heavy atom. The number of aromatic amines is 1. The van der Waals surface area contributed by atoms with Crippen molar-refractivity contribution in [2.75, 3.05) is 38.3 Å². The molecule has 3 rings (SSSR count). The topological polar surface area (TPSA) is 489 Å². The van der Waals surface area contributed by atoms with Gasteiger partial charge in [0.05, 0.1) is 26.1 Å². The fraction of sp³-hybridized carbons (Fsp3) is 0.519. The Bertz CT molecular complexity index is 2640. The number of imidazole rings is 1. The van der Waals surface area contributed by atoms with Gasteiger partial charge in [0.25, 0.3) is 0 Å². The second-order valence-corrected chi connectivity index (χ2v) is 21.2. The number of H-pyrrole nitrogens is 1. The molecule has 29 nitrogen and oxygen atoms in total. The number of carbonyl (C=O) groups is 11. The molecule has 462 valence electrons. The summed E-state index contributed by atoms with van der Waals surface area (Å²) in [6, 6.07) is 1.24. The predicted octanol–water partition coefficient (Wildman–Crippen LogP) is -4.87. The van der Waals surface area contributed by atoms with Gasteiger partial charge in [-0.05, 0) is 86.3 Å². The molecule has 0 unspecified atom stereocenters. The Balaban J connectivity index is 1.94. The third kappa shape index (κ3) is 25.5. The van der Waals surface area contributed by atoms with Gasteiger partial charge in [0.15, 0.2) is 0 Å². The van der Waals surface area contributed by atoms with Gasteiger partial charge in [-0.15, -0.1) is 0 Å². The molecule has 84 heavy (non-hydrogen) atoms. The van der Waals surface area contributed by atoms with Crippen LogP contribution in [0.2, 0.25) is 0 Å². The first-order chi connectivity index (χ1) is 40.0. The first-order valence-electron chi connectivity index (χ1n) is 27.2. The van der Waals surface area contributed by atoms with Crippen LogP contribution >= 0.6 is 11.8 Å². The van der Waals surface area contributed by atoms with E-state index in [1.807, 2.05) is 20.1 Å². The van der Waals surface area contributed by atoms with Crippen LogP contribution in [0.4, 0.5) is 0 Å². The lowest BCUT2D eigenvalue weighted by molar-refractivity contribution is -0.136. The molecule has 11 amide bonds. The van der Waals surface area contributed by atoms with E-state index in [1.165, 1.54) is 48.6 Å². The number of aromatic nitrogens is 2. The van der Waals surface area contributed by atoms with Crippen molar-refractivity contribution in [3.8, 4) is 5.75 Å². The zero-order chi connectivity index (χ0) is 62.3. The summed E-state index contributed by atoms with van der Waals surface area (Å²) in [4.78, 5) is 155. The van der Waals surface area contributed by atoms with Gasteiger partial charge in [0, 0.05) is 37.6 Å². The molecule has 0 saturated heterocycles. The number of phenolic OH excluding ortho intramolecular Hbond substituents is 1. The number of aromatic hydroxyl groups is 1. The van der Waals surface area contributed by atoms with Gasteiger partial charge in [-0.2, -0.15) is 11.8 Å². The summed E-state index contributed by atoms with van der Waals surface area (Å²) in [5.41, 5.74) is 23.5. The van der Waals surface area contributed by atoms with Crippen molar-refractivity contribution in [1.82, 2.24) is 57.8 Å². The summed E-state index contributed by atoms with van der Waals surface area (Å²) in [6.07, 6.45) is 4.00. The maximum Gasteiger partial charge on any atom is 0.245 e. The van der Waals surface area contributed by atoms with E-state index in [-0.39, 0.29) is 56.7 Å². The molecule has 0 aliphatic carbocycles. The van der Waals surface area contributed by atoms with Crippen LogP contribution in [0.25, 0.3) is 0 Å². The number of rotatable bonds is 39. The molecule has 0 fully saturated rings. The van der Waals surface area contributed by atoms with Gasteiger partial charge in [-0.1, -0.05) is 56.3 Å². The Hall–Kier alpha value is -8.19. The number of hydrogen-bond acceptors (Lipinski definition) is 18. The van der Waals surface area contributed by atoms with Crippen molar-refractivity contribution in [2.45, 2.75) is 132 Å². The highest BCUT2D eigenvalue weighted by Crippen LogP contribution is 2.14. The summed E-state index contributed by atoms with van der Waals surface area (Å²) >= 11 is 1.44. The van der Waals surface area contributed by atoms with Gasteiger partial charge < -0.3 is 91.1 Å². The van der Waals surface area contributed by atoms with Crippen LogP contribution in [0.5, 0.6) is 5.75 Å². The predicted molar refractivity (Wildman–Crippen MR) is 308 cm³/mol. The van der Waals surface area contributed by atoms with Crippen molar-refractivity contribution in [1.29, 1.82) is 0 Å². The summed E-state index contributed by atoms with van der Waals surface area (Å²) in [7, 11) is 0. The van der Waals surface area contributed by atoms with E-state index in [0.717, 1.165) is 0 Å². The molecule has 0 spiro atoms. The number of thioether (sulfide) groups is 1. The number of aliphatic hydroxyl groups is 2. The molecule has 0 aliphatic heterocycles. The monoisotopic (exact) mass is 1200 g/mol. The van der Waals surface area contributed by atoms with Crippen LogP contribution in [-0.2, 0) is 72.0 Å². The minimum absolute atomic E-state index is 0.0288. The highest BCUT2D eigenvalue weighted by Gasteiger charge is 2.35. The molecule has 1 heterocycles. The average molecular weight is 1200 g/mol. The van der Waals surface area contributed by atoms with Crippen molar-refractivity contribution < 1.29 is 68.1 Å². The van der Waals surface area contributed by atoms with Crippen molar-refractivity contribution in [3.63, 3.8) is 0 Å². The van der Waals surface area contributed by atoms with E-state index in [2.05, 4.69) is 57.8 Å². The summed E-state index contributed by atoms with van der Waals surface area (Å²) in [5, 5.41) is 52.3. The lowest BCUT2D eigenvalue weighted by Gasteiger charge is -2.27. The number of nitrogens with one attached hydrogen (secondary N) is 10. The quantitative estimate of drug-likeness (QED) is 0.0238. The number of nitrogens with two attached hydrogens (primary N) is 4. The number of benzene rings is 2. The van der Waals surface area contributed by atoms with Crippen LogP contribution < -0.4 is 70.8 Å². The molecule has 1 aromatic heterocycles. The van der Waals surface area contributed by atoms with Crippen molar-refractivity contribution >= 4 is 76.7 Å². The maximum atomic E-state index is 14.6. The number of unbranched alkanes of at least 4 members (excludes halogenated alkanes) is 1. The molecule has 9 atom stereocenters. The normalized spacial score (nSPS) is 14.3. The molecule has 2 aromatic carbocycles. The van der Waals surface area contributed by atoms with E-state index in [0.29, 0.717) is 35.4 Å². The van der Waals surface area contributed by atoms with Gasteiger partial charge in [-0.3, -0.25) is 52.7 Å². The van der Waals surface area contributed by atoms with Crippen LogP contribution in [0.15, 0.2) is 67.1 Å². The molecule has 0 radical (unpaired) electrons. The average Bonchev–Trinajstić information content (AvgIpc) is 4.08. The minimum Gasteiger partial charge on any atom is -0.508 e. The van der Waals surface area contributed by atoms with Crippen molar-refractivity contribution in [3.05, 3.63) is 83.9 Å². The number of aliphatic hydroxyl groups excluding tert-OH is 2. The highest BCUT2D eigenvalue weighted by atomic mass is 32.2. The second kappa shape index (κ2) is 37.1. The van der Waals surface area contributed by atoms with E-state index >= 15 is 0 Å². The maximum absolute atomic E-state index is 14.6. The van der Waals surface area contributed by atoms with Gasteiger partial charge in [0.2, 0.25) is 65.0 Å². The number of primary amides is 2. The summed E-state index contributed by atoms with van der Waals surface area (Å²) in [6.45, 7) is 1.46. The Morgan fingerprint density at radius 1 is 0.583 bits per heavy atom. The van der Waals surface area contributed by atoms with Crippen molar-refractivity contribution in [2.24, 2.45) is 28.9 Å². The third-order valence-electron chi connectivity index (χ3n) is 12.8. The second-order valence-electron chi connectivity index (χ2n) is 20.2. The van der Waals surface area contributed by atoms with Crippen LogP contribution in [-0.4, -0.2) is 183 Å². The summed E-state index contributed by atoms with van der Waals surface area (Å²) in [5.74, 6) is -9.56. The van der Waals surface area contributed by atoms with E-state index in [1.54, 1.807) is 30.3 Å². The molecular formula is C54H81N15O14S. The zero-order valence-electron chi connectivity index (χ0n) is 47.2. The first-order valence-corrected chi connectivity index (χ1v) is 28.6. The standard InChI is InChI=1S/C54H81N15O14S/c1-30(2)21-39(51(80)63-36(46(58)75)18-20-84-3)62-45(74)26-60-48(77)40(23-32-12-14-34(72)15-13-32)66-52(81)41(22-31-9-5-4-6-10-31)67-50(79)38(16-17-44(57)73)65-53(82)42(24-33-25-59-29-61-33)68-54(83)43(28-71)69-49(78)37(11-7-8-19-55)64-47(76)35(56)27-70/h4-6,9-10,12-15,25,29-30,35-43,70-72H,7-8,11,16-24,26-28,55-56H2,1-3H3,(H2,57,73)(H2,58,75)(H,59,61)(H,60,77)(H,62,74)(H,63,80)(H,64,76)(H,65,82)(H,66,81)(H,67,79)(H,68,83)(H,69,78)/t35-,36-,37-,38-,39-,40-,41-,42-,43-/m0/s1. The molecule has 0 bridgehead atoms. The number of amides is 11. The largest absolute Gasteiger partial charge is 0.508 e. The smallest absolute Gasteiger partial charge is 0.245 e. The fourth-order valence-corrected chi connectivity index (χ4v) is 8.70. The number of nitrogens with zero attached hydrogens (tertiary/aromatic N) is 1. The number of hydrogen-bond donors (Lipinski definition) is 17. The Kier molecular flexibility index (Phi) is 31.0. The van der Waals surface area contributed by atoms with E-state index < -0.39 is 152 Å². The molecule has 0 aliphatic rings. The molecule has 21 N–H and O–H groups in total. The zero-order valence-corrected chi connectivity index (χ0v) is 48.0. The lowest BCUT2D eigenvalue weighted by Crippen LogP contribution is -2.61. The molecule has 30 heteroatoms. The SMILES string of the molecule is CSCC[C@H](NC(=O)[C@H](CC(C)C)NC(=O)CNC(=O)[C@H](Cc1ccc(O)cc1)NC(=O)[C@H](Cc1ccccc1)NC(=O)[C@H](CCC(N)=O)NC(=O)[C@H](Cc1cnc[nH]1)NC(=O)[C@H](CO)NC(=O)[C@H](CCCCN)NC(=O)[C@@H](N)CO)C(N)=O.